The normalized spacial score (nSPS) is 12.8. The van der Waals surface area contributed by atoms with E-state index >= 15 is 0 Å². The smallest absolute Gasteiger partial charge is 0.326 e. The molecule has 1 aliphatic heterocycles. The van der Waals surface area contributed by atoms with E-state index in [1.165, 1.54) is 12.1 Å². The predicted octanol–water partition coefficient (Wildman–Crippen LogP) is 2.02. The number of hydrogen-bond donors (Lipinski definition) is 0. The SMILES string of the molecule is O=C(CN1C(=O)COc2ccc([N+](=O)[O-])cc21)OCC(=O)c1cc(F)ccc1F. The van der Waals surface area contributed by atoms with Gasteiger partial charge in [0, 0.05) is 12.1 Å². The van der Waals surface area contributed by atoms with Gasteiger partial charge in [-0.15, -0.1) is 0 Å². The summed E-state index contributed by atoms with van der Waals surface area (Å²) in [5, 5.41) is 10.9. The van der Waals surface area contributed by atoms with Crippen LogP contribution < -0.4 is 9.64 Å². The minimum atomic E-state index is -1.03. The number of nitrogens with zero attached hydrogens (tertiary/aromatic N) is 2. The fourth-order valence-corrected chi connectivity index (χ4v) is 2.59. The molecular formula is C18H12F2N2O7. The molecule has 0 aromatic heterocycles. The molecule has 1 heterocycles. The van der Waals surface area contributed by atoms with Gasteiger partial charge in [-0.3, -0.25) is 29.4 Å². The average Bonchev–Trinajstić information content (AvgIpc) is 2.69. The number of benzene rings is 2. The number of amides is 1. The van der Waals surface area contributed by atoms with E-state index in [0.29, 0.717) is 6.07 Å². The number of Topliss-reactive ketones (excluding diaryl/α,β-unsaturated/α-hetero) is 1. The van der Waals surface area contributed by atoms with E-state index in [4.69, 9.17) is 9.47 Å². The minimum absolute atomic E-state index is 0.00472. The summed E-state index contributed by atoms with van der Waals surface area (Å²) in [5.74, 6) is -4.31. The number of rotatable bonds is 6. The maximum atomic E-state index is 13.6. The molecule has 2 aromatic carbocycles. The topological polar surface area (TPSA) is 116 Å². The molecule has 0 aliphatic carbocycles. The number of ether oxygens (including phenoxy) is 2. The number of esters is 1. The van der Waals surface area contributed by atoms with E-state index in [2.05, 4.69) is 0 Å². The van der Waals surface area contributed by atoms with Crippen molar-refractivity contribution in [3.05, 3.63) is 63.7 Å². The molecule has 0 spiro atoms. The molecule has 0 N–H and O–H groups in total. The van der Waals surface area contributed by atoms with Gasteiger partial charge in [-0.1, -0.05) is 0 Å². The first-order chi connectivity index (χ1) is 13.8. The predicted molar refractivity (Wildman–Crippen MR) is 92.6 cm³/mol. The summed E-state index contributed by atoms with van der Waals surface area (Å²) < 4.78 is 36.7. The monoisotopic (exact) mass is 406 g/mol. The number of fused-ring (bicyclic) bond motifs is 1. The summed E-state index contributed by atoms with van der Waals surface area (Å²) in [6.07, 6.45) is 0. The van der Waals surface area contributed by atoms with Crippen molar-refractivity contribution in [2.75, 3.05) is 24.7 Å². The lowest BCUT2D eigenvalue weighted by molar-refractivity contribution is -0.384. The molecule has 150 valence electrons. The first kappa shape index (κ1) is 19.9. The first-order valence-electron chi connectivity index (χ1n) is 8.11. The van der Waals surface area contributed by atoms with Crippen molar-refractivity contribution in [1.82, 2.24) is 0 Å². The molecule has 29 heavy (non-hydrogen) atoms. The molecule has 0 radical (unpaired) electrons. The Balaban J connectivity index is 1.70. The molecule has 11 heteroatoms. The number of non-ortho nitro benzene ring substituents is 1. The maximum absolute atomic E-state index is 13.6. The second-order valence-electron chi connectivity index (χ2n) is 5.89. The summed E-state index contributed by atoms with van der Waals surface area (Å²) in [4.78, 5) is 47.3. The van der Waals surface area contributed by atoms with Gasteiger partial charge in [0.1, 0.15) is 23.9 Å². The highest BCUT2D eigenvalue weighted by molar-refractivity contribution is 6.02. The number of carbonyl (C=O) groups is 3. The number of halogens is 2. The van der Waals surface area contributed by atoms with Crippen molar-refractivity contribution in [2.45, 2.75) is 0 Å². The third-order valence-corrected chi connectivity index (χ3v) is 3.98. The highest BCUT2D eigenvalue weighted by atomic mass is 19.1. The van der Waals surface area contributed by atoms with Crippen LogP contribution in [0.25, 0.3) is 0 Å². The van der Waals surface area contributed by atoms with Crippen LogP contribution in [-0.4, -0.2) is 42.3 Å². The molecule has 0 fully saturated rings. The van der Waals surface area contributed by atoms with E-state index in [1.54, 1.807) is 0 Å². The average molecular weight is 406 g/mol. The van der Waals surface area contributed by atoms with Gasteiger partial charge in [0.15, 0.2) is 13.2 Å². The van der Waals surface area contributed by atoms with Gasteiger partial charge in [0.05, 0.1) is 16.2 Å². The lowest BCUT2D eigenvalue weighted by Gasteiger charge is -2.28. The molecule has 1 aliphatic rings. The molecule has 1 amide bonds. The second-order valence-corrected chi connectivity index (χ2v) is 5.89. The van der Waals surface area contributed by atoms with E-state index in [9.17, 15) is 33.3 Å². The van der Waals surface area contributed by atoms with Gasteiger partial charge in [0.25, 0.3) is 11.6 Å². The Bertz CT molecular complexity index is 1030. The van der Waals surface area contributed by atoms with Crippen molar-refractivity contribution in [3.63, 3.8) is 0 Å². The fraction of sp³-hybridized carbons (Fsp3) is 0.167. The molecule has 0 unspecified atom stereocenters. The van der Waals surface area contributed by atoms with Crippen molar-refractivity contribution >= 4 is 29.0 Å². The molecule has 9 nitrogen and oxygen atoms in total. The molecule has 0 saturated carbocycles. The number of nitro benzene ring substituents is 1. The van der Waals surface area contributed by atoms with Crippen LogP contribution in [0.1, 0.15) is 10.4 Å². The molecule has 2 aromatic rings. The second kappa shape index (κ2) is 8.00. The van der Waals surface area contributed by atoms with Gasteiger partial charge in [0.2, 0.25) is 5.78 Å². The van der Waals surface area contributed by atoms with Crippen LogP contribution in [-0.2, 0) is 14.3 Å². The summed E-state index contributed by atoms with van der Waals surface area (Å²) in [7, 11) is 0. The van der Waals surface area contributed by atoms with E-state index in [1.807, 2.05) is 0 Å². The lowest BCUT2D eigenvalue weighted by atomic mass is 10.1. The van der Waals surface area contributed by atoms with E-state index in [0.717, 1.165) is 23.1 Å². The Kier molecular flexibility index (Phi) is 5.48. The van der Waals surface area contributed by atoms with Crippen LogP contribution in [0.15, 0.2) is 36.4 Å². The standard InChI is InChI=1S/C18H12F2N2O7/c19-10-1-3-13(20)12(5-10)15(23)8-29-18(25)7-21-14-6-11(22(26)27)2-4-16(14)28-9-17(21)24/h1-6H,7-9H2. The Labute approximate surface area is 161 Å². The maximum Gasteiger partial charge on any atom is 0.326 e. The van der Waals surface area contributed by atoms with Crippen molar-refractivity contribution in [2.24, 2.45) is 0 Å². The van der Waals surface area contributed by atoms with Crippen LogP contribution in [0.4, 0.5) is 20.2 Å². The Morgan fingerprint density at radius 1 is 1.21 bits per heavy atom. The van der Waals surface area contributed by atoms with Crippen LogP contribution in [0, 0.1) is 21.7 Å². The fourth-order valence-electron chi connectivity index (χ4n) is 2.59. The Hall–Kier alpha value is -3.89. The van der Waals surface area contributed by atoms with Crippen molar-refractivity contribution in [3.8, 4) is 5.75 Å². The third-order valence-electron chi connectivity index (χ3n) is 3.98. The molecule has 0 saturated heterocycles. The van der Waals surface area contributed by atoms with Gasteiger partial charge < -0.3 is 9.47 Å². The number of ketones is 1. The van der Waals surface area contributed by atoms with Crippen LogP contribution >= 0.6 is 0 Å². The number of nitro groups is 1. The van der Waals surface area contributed by atoms with Crippen LogP contribution in [0.2, 0.25) is 0 Å². The lowest BCUT2D eigenvalue weighted by Crippen LogP contribution is -2.42. The number of carbonyl (C=O) groups excluding carboxylic acids is 3. The molecular weight excluding hydrogens is 394 g/mol. The van der Waals surface area contributed by atoms with E-state index < -0.39 is 59.5 Å². The van der Waals surface area contributed by atoms with Gasteiger partial charge in [-0.25, -0.2) is 8.78 Å². The van der Waals surface area contributed by atoms with E-state index in [-0.39, 0.29) is 17.1 Å². The zero-order valence-electron chi connectivity index (χ0n) is 14.6. The van der Waals surface area contributed by atoms with Crippen molar-refractivity contribution < 1.29 is 37.6 Å². The highest BCUT2D eigenvalue weighted by Crippen LogP contribution is 2.35. The van der Waals surface area contributed by atoms with Gasteiger partial charge >= 0.3 is 5.97 Å². The summed E-state index contributed by atoms with van der Waals surface area (Å²) in [5.41, 5.74) is -0.909. The zero-order valence-corrected chi connectivity index (χ0v) is 14.6. The largest absolute Gasteiger partial charge is 0.482 e. The van der Waals surface area contributed by atoms with Crippen LogP contribution in [0.5, 0.6) is 5.75 Å². The number of hydrogen-bond acceptors (Lipinski definition) is 7. The molecule has 0 bridgehead atoms. The highest BCUT2D eigenvalue weighted by Gasteiger charge is 2.30. The summed E-state index contributed by atoms with van der Waals surface area (Å²) >= 11 is 0. The summed E-state index contributed by atoms with van der Waals surface area (Å²) in [6, 6.07) is 5.80. The van der Waals surface area contributed by atoms with Crippen molar-refractivity contribution in [1.29, 1.82) is 0 Å². The zero-order chi connectivity index (χ0) is 21.1. The number of anilines is 1. The van der Waals surface area contributed by atoms with Crippen LogP contribution in [0.3, 0.4) is 0 Å². The van der Waals surface area contributed by atoms with Gasteiger partial charge in [-0.05, 0) is 24.3 Å². The minimum Gasteiger partial charge on any atom is -0.482 e. The Morgan fingerprint density at radius 3 is 2.69 bits per heavy atom. The first-order valence-corrected chi connectivity index (χ1v) is 8.11. The third kappa shape index (κ3) is 4.34. The molecule has 3 rings (SSSR count). The molecule has 0 atom stereocenters. The van der Waals surface area contributed by atoms with Gasteiger partial charge in [-0.2, -0.15) is 0 Å². The quantitative estimate of drug-likeness (QED) is 0.312. The summed E-state index contributed by atoms with van der Waals surface area (Å²) in [6.45, 7) is -1.93. The Morgan fingerprint density at radius 2 is 1.97 bits per heavy atom.